The summed E-state index contributed by atoms with van der Waals surface area (Å²) < 4.78 is 31.8. The van der Waals surface area contributed by atoms with E-state index in [1.165, 1.54) is 4.31 Å². The number of morpholine rings is 1. The van der Waals surface area contributed by atoms with Gasteiger partial charge in [-0.2, -0.15) is 4.31 Å². The van der Waals surface area contributed by atoms with Crippen LogP contribution in [0.4, 0.5) is 5.69 Å². The third-order valence-corrected chi connectivity index (χ3v) is 6.01. The molecular weight excluding hydrogens is 372 g/mol. The van der Waals surface area contributed by atoms with Crippen molar-refractivity contribution < 1.29 is 13.2 Å². The van der Waals surface area contributed by atoms with Gasteiger partial charge in [-0.05, 0) is 35.9 Å². The van der Waals surface area contributed by atoms with Gasteiger partial charge in [0.15, 0.2) is 0 Å². The van der Waals surface area contributed by atoms with E-state index in [4.69, 9.17) is 16.3 Å². The van der Waals surface area contributed by atoms with Gasteiger partial charge in [-0.1, -0.05) is 41.9 Å². The van der Waals surface area contributed by atoms with Crippen molar-refractivity contribution in [3.05, 3.63) is 65.2 Å². The topological polar surface area (TPSA) is 59.0 Å². The van der Waals surface area contributed by atoms with Crippen LogP contribution in [0, 0.1) is 0 Å². The van der Waals surface area contributed by atoms with E-state index in [1.807, 2.05) is 36.4 Å². The van der Waals surface area contributed by atoms with Crippen LogP contribution in [0.25, 0.3) is 6.08 Å². The lowest BCUT2D eigenvalue weighted by Gasteiger charge is -2.26. The van der Waals surface area contributed by atoms with Crippen molar-refractivity contribution in [2.45, 2.75) is 4.90 Å². The molecule has 1 fully saturated rings. The number of aliphatic imine (C=N–C) groups is 1. The van der Waals surface area contributed by atoms with Crippen LogP contribution in [0.2, 0.25) is 0 Å². The molecule has 7 heteroatoms. The van der Waals surface area contributed by atoms with Gasteiger partial charge < -0.3 is 4.74 Å². The molecule has 0 spiro atoms. The molecule has 5 nitrogen and oxygen atoms in total. The Morgan fingerprint density at radius 2 is 1.69 bits per heavy atom. The predicted molar refractivity (Wildman–Crippen MR) is 104 cm³/mol. The van der Waals surface area contributed by atoms with E-state index in [2.05, 4.69) is 4.99 Å². The van der Waals surface area contributed by atoms with Crippen LogP contribution < -0.4 is 0 Å². The van der Waals surface area contributed by atoms with E-state index < -0.39 is 10.0 Å². The van der Waals surface area contributed by atoms with Crippen molar-refractivity contribution in [2.75, 3.05) is 26.3 Å². The Kier molecular flexibility index (Phi) is 6.21. The van der Waals surface area contributed by atoms with Crippen LogP contribution in [0.5, 0.6) is 0 Å². The molecule has 0 bridgehead atoms. The van der Waals surface area contributed by atoms with E-state index >= 15 is 0 Å². The molecule has 1 aliphatic rings. The van der Waals surface area contributed by atoms with Crippen molar-refractivity contribution in [3.63, 3.8) is 0 Å². The minimum Gasteiger partial charge on any atom is -0.379 e. The van der Waals surface area contributed by atoms with Crippen LogP contribution in [0.15, 0.2) is 69.5 Å². The fourth-order valence-electron chi connectivity index (χ4n) is 2.52. The molecule has 0 atom stereocenters. The summed E-state index contributed by atoms with van der Waals surface area (Å²) in [6.45, 7) is 1.60. The predicted octanol–water partition coefficient (Wildman–Crippen LogP) is 3.69. The molecule has 0 radical (unpaired) electrons. The number of hydrogen-bond acceptors (Lipinski definition) is 4. The fraction of sp³-hybridized carbons (Fsp3) is 0.211. The molecule has 0 aromatic heterocycles. The van der Waals surface area contributed by atoms with Crippen molar-refractivity contribution in [1.82, 2.24) is 4.31 Å². The molecule has 2 aromatic rings. The van der Waals surface area contributed by atoms with Gasteiger partial charge in [0, 0.05) is 19.3 Å². The Morgan fingerprint density at radius 3 is 2.35 bits per heavy atom. The van der Waals surface area contributed by atoms with Gasteiger partial charge in [-0.15, -0.1) is 0 Å². The molecule has 136 valence electrons. The zero-order chi connectivity index (χ0) is 18.4. The smallest absolute Gasteiger partial charge is 0.243 e. The minimum atomic E-state index is -3.49. The highest BCUT2D eigenvalue weighted by Crippen LogP contribution is 2.21. The molecule has 1 heterocycles. The number of halogens is 1. The van der Waals surface area contributed by atoms with Gasteiger partial charge in [0.25, 0.3) is 0 Å². The summed E-state index contributed by atoms with van der Waals surface area (Å²) >= 11 is 6.17. The second-order valence-electron chi connectivity index (χ2n) is 5.71. The standard InChI is InChI=1S/C19H19ClN2O3S/c20-17(14-16-4-2-1-3-5-16)15-21-18-6-8-19(9-7-18)26(23,24)22-10-12-25-13-11-22/h1-9,14-15H,10-13H2. The lowest BCUT2D eigenvalue weighted by molar-refractivity contribution is 0.0730. The Labute approximate surface area is 158 Å². The van der Waals surface area contributed by atoms with Gasteiger partial charge in [0.05, 0.1) is 28.8 Å². The monoisotopic (exact) mass is 390 g/mol. The van der Waals surface area contributed by atoms with Crippen LogP contribution >= 0.6 is 11.6 Å². The van der Waals surface area contributed by atoms with Gasteiger partial charge in [-0.3, -0.25) is 4.99 Å². The number of benzene rings is 2. The first-order valence-corrected chi connectivity index (χ1v) is 10.0. The molecule has 0 saturated carbocycles. The van der Waals surface area contributed by atoms with E-state index in [9.17, 15) is 8.42 Å². The first kappa shape index (κ1) is 18.8. The number of allylic oxidation sites excluding steroid dienone is 1. The minimum absolute atomic E-state index is 0.254. The Balaban J connectivity index is 1.70. The second-order valence-corrected chi connectivity index (χ2v) is 8.08. The third-order valence-electron chi connectivity index (χ3n) is 3.89. The molecule has 3 rings (SSSR count). The molecule has 1 saturated heterocycles. The lowest BCUT2D eigenvalue weighted by atomic mass is 10.2. The first-order valence-electron chi connectivity index (χ1n) is 8.20. The van der Waals surface area contributed by atoms with Crippen LogP contribution in [-0.2, 0) is 14.8 Å². The highest BCUT2D eigenvalue weighted by molar-refractivity contribution is 7.89. The zero-order valence-corrected chi connectivity index (χ0v) is 15.7. The molecule has 2 aromatic carbocycles. The second kappa shape index (κ2) is 8.60. The summed E-state index contributed by atoms with van der Waals surface area (Å²) in [5.74, 6) is 0. The summed E-state index contributed by atoms with van der Waals surface area (Å²) in [5, 5.41) is 0.487. The van der Waals surface area contributed by atoms with E-state index in [0.29, 0.717) is 37.0 Å². The largest absolute Gasteiger partial charge is 0.379 e. The number of ether oxygens (including phenoxy) is 1. The lowest BCUT2D eigenvalue weighted by Crippen LogP contribution is -2.40. The van der Waals surface area contributed by atoms with E-state index in [-0.39, 0.29) is 4.90 Å². The quantitative estimate of drug-likeness (QED) is 0.731. The average Bonchev–Trinajstić information content (AvgIpc) is 2.68. The maximum Gasteiger partial charge on any atom is 0.243 e. The zero-order valence-electron chi connectivity index (χ0n) is 14.1. The van der Waals surface area contributed by atoms with Gasteiger partial charge in [0.1, 0.15) is 0 Å². The summed E-state index contributed by atoms with van der Waals surface area (Å²) in [6, 6.07) is 16.1. The van der Waals surface area contributed by atoms with Gasteiger partial charge >= 0.3 is 0 Å². The SMILES string of the molecule is O=S(=O)(c1ccc(N=CC(Cl)=Cc2ccccc2)cc1)N1CCOCC1. The number of sulfonamides is 1. The summed E-state index contributed by atoms with van der Waals surface area (Å²) in [7, 11) is -3.49. The third kappa shape index (κ3) is 4.80. The Bertz CT molecular complexity index is 888. The van der Waals surface area contributed by atoms with E-state index in [0.717, 1.165) is 5.56 Å². The van der Waals surface area contributed by atoms with E-state index in [1.54, 1.807) is 30.5 Å². The normalized spacial score (nSPS) is 16.9. The Morgan fingerprint density at radius 1 is 1.04 bits per heavy atom. The van der Waals surface area contributed by atoms with Crippen molar-refractivity contribution in [1.29, 1.82) is 0 Å². The first-order chi connectivity index (χ1) is 12.6. The molecule has 0 aliphatic carbocycles. The molecule has 0 amide bonds. The fourth-order valence-corrected chi connectivity index (χ4v) is 4.10. The molecular formula is C19H19ClN2O3S. The van der Waals surface area contributed by atoms with Crippen molar-refractivity contribution >= 4 is 39.6 Å². The van der Waals surface area contributed by atoms with Gasteiger partial charge in [-0.25, -0.2) is 8.42 Å². The molecule has 26 heavy (non-hydrogen) atoms. The number of rotatable bonds is 5. The Hall–Kier alpha value is -1.99. The number of hydrogen-bond donors (Lipinski definition) is 0. The molecule has 0 N–H and O–H groups in total. The summed E-state index contributed by atoms with van der Waals surface area (Å²) in [6.07, 6.45) is 3.35. The number of nitrogens with zero attached hydrogens (tertiary/aromatic N) is 2. The average molecular weight is 391 g/mol. The van der Waals surface area contributed by atoms with Crippen molar-refractivity contribution in [3.8, 4) is 0 Å². The van der Waals surface area contributed by atoms with Crippen molar-refractivity contribution in [2.24, 2.45) is 4.99 Å². The van der Waals surface area contributed by atoms with Gasteiger partial charge in [0.2, 0.25) is 10.0 Å². The maximum absolute atomic E-state index is 12.6. The summed E-state index contributed by atoms with van der Waals surface area (Å²) in [5.41, 5.74) is 1.61. The van der Waals surface area contributed by atoms with Crippen LogP contribution in [-0.4, -0.2) is 45.2 Å². The summed E-state index contributed by atoms with van der Waals surface area (Å²) in [4.78, 5) is 4.54. The highest BCUT2D eigenvalue weighted by atomic mass is 35.5. The molecule has 1 aliphatic heterocycles. The van der Waals surface area contributed by atoms with Crippen LogP contribution in [0.1, 0.15) is 5.56 Å². The van der Waals surface area contributed by atoms with Crippen LogP contribution in [0.3, 0.4) is 0 Å². The maximum atomic E-state index is 12.6. The molecule has 0 unspecified atom stereocenters. The highest BCUT2D eigenvalue weighted by Gasteiger charge is 2.25.